The van der Waals surface area contributed by atoms with E-state index in [1.807, 2.05) is 0 Å². The zero-order chi connectivity index (χ0) is 16.6. The molecule has 10 heteroatoms. The molecule has 122 valence electrons. The Labute approximate surface area is 136 Å². The van der Waals surface area contributed by atoms with E-state index in [1.165, 1.54) is 38.0 Å². The van der Waals surface area contributed by atoms with Gasteiger partial charge in [0.25, 0.3) is 5.22 Å². The van der Waals surface area contributed by atoms with Crippen LogP contribution in [-0.2, 0) is 15.8 Å². The number of thioether (sulfide) groups is 1. The van der Waals surface area contributed by atoms with Crippen LogP contribution in [0.2, 0.25) is 0 Å². The van der Waals surface area contributed by atoms with Crippen LogP contribution in [0, 0.1) is 6.92 Å². The van der Waals surface area contributed by atoms with Gasteiger partial charge in [-0.1, -0.05) is 11.8 Å². The number of benzene rings is 1. The summed E-state index contributed by atoms with van der Waals surface area (Å²) in [4.78, 5) is 4.47. The molecule has 0 radical (unpaired) electrons. The lowest BCUT2D eigenvalue weighted by atomic mass is 10.3. The molecule has 0 aliphatic heterocycles. The lowest BCUT2D eigenvalue weighted by molar-refractivity contribution is 0.477. The predicted molar refractivity (Wildman–Crippen MR) is 83.5 cm³/mol. The van der Waals surface area contributed by atoms with Crippen molar-refractivity contribution in [1.82, 2.24) is 19.5 Å². The van der Waals surface area contributed by atoms with Crippen LogP contribution < -0.4 is 0 Å². The van der Waals surface area contributed by atoms with Gasteiger partial charge in [-0.05, 0) is 18.2 Å². The van der Waals surface area contributed by atoms with Crippen molar-refractivity contribution in [3.8, 4) is 0 Å². The van der Waals surface area contributed by atoms with Crippen molar-refractivity contribution in [3.05, 3.63) is 30.0 Å². The van der Waals surface area contributed by atoms with Crippen LogP contribution in [0.3, 0.4) is 0 Å². The van der Waals surface area contributed by atoms with E-state index in [1.54, 1.807) is 13.0 Å². The fourth-order valence-corrected chi connectivity index (χ4v) is 3.44. The van der Waals surface area contributed by atoms with Gasteiger partial charge < -0.3 is 8.83 Å². The minimum absolute atomic E-state index is 0.173. The number of aryl methyl sites for hydroxylation is 1. The number of oxazole rings is 1. The molecule has 0 aliphatic carbocycles. The minimum atomic E-state index is -3.50. The standard InChI is InChI=1S/C13H14N4O4S2/c1-8-15-16-12(20-8)7-22-13-14-10-6-9(4-5-11(10)21-13)23(18,19)17(2)3/h4-6H,7H2,1-3H3. The molecule has 0 amide bonds. The summed E-state index contributed by atoms with van der Waals surface area (Å²) >= 11 is 1.30. The number of sulfonamides is 1. The average molecular weight is 354 g/mol. The molecule has 0 bridgehead atoms. The maximum Gasteiger partial charge on any atom is 0.257 e. The molecule has 0 saturated heterocycles. The summed E-state index contributed by atoms with van der Waals surface area (Å²) in [5, 5.41) is 8.05. The molecule has 3 aromatic rings. The fourth-order valence-electron chi connectivity index (χ4n) is 1.84. The highest BCUT2D eigenvalue weighted by atomic mass is 32.2. The molecule has 8 nitrogen and oxygen atoms in total. The summed E-state index contributed by atoms with van der Waals surface area (Å²) < 4.78 is 36.3. The van der Waals surface area contributed by atoms with E-state index >= 15 is 0 Å². The first-order valence-electron chi connectivity index (χ1n) is 6.61. The van der Waals surface area contributed by atoms with E-state index in [2.05, 4.69) is 15.2 Å². The van der Waals surface area contributed by atoms with Gasteiger partial charge in [-0.25, -0.2) is 17.7 Å². The molecule has 3 rings (SSSR count). The Hall–Kier alpha value is -1.91. The lowest BCUT2D eigenvalue weighted by Crippen LogP contribution is -2.22. The van der Waals surface area contributed by atoms with Crippen molar-refractivity contribution in [1.29, 1.82) is 0 Å². The van der Waals surface area contributed by atoms with Crippen molar-refractivity contribution < 1.29 is 17.3 Å². The highest BCUT2D eigenvalue weighted by Gasteiger charge is 2.19. The summed E-state index contributed by atoms with van der Waals surface area (Å²) in [5.74, 6) is 1.40. The van der Waals surface area contributed by atoms with E-state index < -0.39 is 10.0 Å². The maximum absolute atomic E-state index is 12.1. The molecule has 1 aromatic carbocycles. The minimum Gasteiger partial charge on any atom is -0.431 e. The van der Waals surface area contributed by atoms with Gasteiger partial charge in [0.1, 0.15) is 5.52 Å². The second kappa shape index (κ2) is 5.95. The molecular weight excluding hydrogens is 340 g/mol. The Morgan fingerprint density at radius 2 is 2.00 bits per heavy atom. The lowest BCUT2D eigenvalue weighted by Gasteiger charge is -2.10. The second-order valence-electron chi connectivity index (χ2n) is 4.90. The quantitative estimate of drug-likeness (QED) is 0.642. The molecular formula is C13H14N4O4S2. The Kier molecular flexibility index (Phi) is 4.13. The molecule has 2 aromatic heterocycles. The smallest absolute Gasteiger partial charge is 0.257 e. The third-order valence-corrected chi connectivity index (χ3v) is 5.63. The summed E-state index contributed by atoms with van der Waals surface area (Å²) in [6.45, 7) is 1.72. The van der Waals surface area contributed by atoms with Gasteiger partial charge in [-0.2, -0.15) is 0 Å². The topological polar surface area (TPSA) is 102 Å². The molecule has 0 saturated carbocycles. The van der Waals surface area contributed by atoms with E-state index in [0.717, 1.165) is 4.31 Å². The third-order valence-electron chi connectivity index (χ3n) is 3.00. The molecule has 0 aliphatic rings. The van der Waals surface area contributed by atoms with E-state index in [4.69, 9.17) is 8.83 Å². The first-order chi connectivity index (χ1) is 10.9. The normalized spacial score (nSPS) is 12.3. The molecule has 0 N–H and O–H groups in total. The first-order valence-corrected chi connectivity index (χ1v) is 9.04. The highest BCUT2D eigenvalue weighted by molar-refractivity contribution is 7.98. The second-order valence-corrected chi connectivity index (χ2v) is 7.98. The van der Waals surface area contributed by atoms with Crippen LogP contribution in [-0.4, -0.2) is 42.0 Å². The maximum atomic E-state index is 12.1. The van der Waals surface area contributed by atoms with E-state index in [-0.39, 0.29) is 4.90 Å². The van der Waals surface area contributed by atoms with Crippen LogP contribution in [0.1, 0.15) is 11.8 Å². The largest absolute Gasteiger partial charge is 0.431 e. The van der Waals surface area contributed by atoms with Gasteiger partial charge in [0.05, 0.1) is 10.6 Å². The fraction of sp³-hybridized carbons (Fsp3) is 0.308. The average Bonchev–Trinajstić information content (AvgIpc) is 3.09. The monoisotopic (exact) mass is 354 g/mol. The SMILES string of the molecule is Cc1nnc(CSc2nc3cc(S(=O)(=O)N(C)C)ccc3o2)o1. The summed E-state index contributed by atoms with van der Waals surface area (Å²) in [7, 11) is -0.536. The van der Waals surface area contributed by atoms with E-state index in [0.29, 0.717) is 33.9 Å². The van der Waals surface area contributed by atoms with Crippen molar-refractivity contribution in [2.75, 3.05) is 14.1 Å². The van der Waals surface area contributed by atoms with Gasteiger partial charge in [0.2, 0.25) is 21.8 Å². The Morgan fingerprint density at radius 3 is 2.65 bits per heavy atom. The number of aromatic nitrogens is 3. The van der Waals surface area contributed by atoms with Gasteiger partial charge in [0, 0.05) is 21.0 Å². The predicted octanol–water partition coefficient (Wildman–Crippen LogP) is 2.06. The van der Waals surface area contributed by atoms with Crippen LogP contribution in [0.15, 0.2) is 37.2 Å². The molecule has 0 spiro atoms. The number of nitrogens with zero attached hydrogens (tertiary/aromatic N) is 4. The van der Waals surface area contributed by atoms with Crippen LogP contribution >= 0.6 is 11.8 Å². The van der Waals surface area contributed by atoms with Crippen molar-refractivity contribution >= 4 is 32.9 Å². The molecule has 0 atom stereocenters. The van der Waals surface area contributed by atoms with Gasteiger partial charge in [-0.15, -0.1) is 10.2 Å². The Morgan fingerprint density at radius 1 is 1.22 bits per heavy atom. The number of fused-ring (bicyclic) bond motifs is 1. The molecule has 23 heavy (non-hydrogen) atoms. The third kappa shape index (κ3) is 3.23. The van der Waals surface area contributed by atoms with Crippen molar-refractivity contribution in [2.24, 2.45) is 0 Å². The van der Waals surface area contributed by atoms with Gasteiger partial charge in [0.15, 0.2) is 5.58 Å². The molecule has 0 fully saturated rings. The van der Waals surface area contributed by atoms with Gasteiger partial charge >= 0.3 is 0 Å². The van der Waals surface area contributed by atoms with Gasteiger partial charge in [-0.3, -0.25) is 0 Å². The number of hydrogen-bond donors (Lipinski definition) is 0. The van der Waals surface area contributed by atoms with E-state index in [9.17, 15) is 8.42 Å². The molecule has 0 unspecified atom stereocenters. The van der Waals surface area contributed by atoms with Crippen LogP contribution in [0.25, 0.3) is 11.1 Å². The van der Waals surface area contributed by atoms with Crippen molar-refractivity contribution in [3.63, 3.8) is 0 Å². The summed E-state index contributed by atoms with van der Waals surface area (Å²) in [5.41, 5.74) is 1.00. The van der Waals surface area contributed by atoms with Crippen molar-refractivity contribution in [2.45, 2.75) is 22.8 Å². The first kappa shape index (κ1) is 16.0. The van der Waals surface area contributed by atoms with Crippen LogP contribution in [0.5, 0.6) is 0 Å². The Balaban J connectivity index is 1.84. The molecule has 2 heterocycles. The number of hydrogen-bond acceptors (Lipinski definition) is 8. The zero-order valence-electron chi connectivity index (χ0n) is 12.7. The zero-order valence-corrected chi connectivity index (χ0v) is 14.3. The Bertz CT molecular complexity index is 946. The summed E-state index contributed by atoms with van der Waals surface area (Å²) in [6, 6.07) is 4.59. The van der Waals surface area contributed by atoms with Crippen LogP contribution in [0.4, 0.5) is 0 Å². The number of rotatable bonds is 5. The highest BCUT2D eigenvalue weighted by Crippen LogP contribution is 2.27. The summed E-state index contributed by atoms with van der Waals surface area (Å²) in [6.07, 6.45) is 0.